The second-order valence-electron chi connectivity index (χ2n) is 8.98. The van der Waals surface area contributed by atoms with Crippen molar-refractivity contribution in [2.75, 3.05) is 11.9 Å². The zero-order valence-corrected chi connectivity index (χ0v) is 21.1. The predicted octanol–water partition coefficient (Wildman–Crippen LogP) is 1.60. The first-order chi connectivity index (χ1) is 16.6. The van der Waals surface area contributed by atoms with Crippen molar-refractivity contribution >= 4 is 29.4 Å². The number of nitrogens with one attached hydrogen (secondary N) is 3. The van der Waals surface area contributed by atoms with Gasteiger partial charge in [-0.25, -0.2) is 0 Å². The highest BCUT2D eigenvalue weighted by atomic mass is 16.5. The van der Waals surface area contributed by atoms with Crippen LogP contribution >= 0.6 is 0 Å². The Bertz CT molecular complexity index is 828. The fourth-order valence-corrected chi connectivity index (χ4v) is 3.15. The van der Waals surface area contributed by atoms with E-state index in [1.807, 2.05) is 20.8 Å². The summed E-state index contributed by atoms with van der Waals surface area (Å²) in [5, 5.41) is 17.1. The molecule has 3 atom stereocenters. The van der Waals surface area contributed by atoms with Crippen molar-refractivity contribution in [3.63, 3.8) is 0 Å². The van der Waals surface area contributed by atoms with E-state index in [9.17, 15) is 24.3 Å². The van der Waals surface area contributed by atoms with Crippen LogP contribution in [0.2, 0.25) is 0 Å². The number of esters is 1. The Balaban J connectivity index is 2.82. The number of carbonyl (C=O) groups excluding carboxylic acids is 4. The predicted molar refractivity (Wildman–Crippen MR) is 133 cm³/mol. The molecule has 10 heteroatoms. The van der Waals surface area contributed by atoms with Crippen LogP contribution in [0.25, 0.3) is 0 Å². The largest absolute Gasteiger partial charge is 0.466 e. The molecule has 0 heterocycles. The summed E-state index contributed by atoms with van der Waals surface area (Å²) >= 11 is 0. The molecule has 10 nitrogen and oxygen atoms in total. The molecule has 196 valence electrons. The van der Waals surface area contributed by atoms with Gasteiger partial charge < -0.3 is 31.5 Å². The highest BCUT2D eigenvalue weighted by Crippen LogP contribution is 2.12. The third-order valence-corrected chi connectivity index (χ3v) is 5.25. The van der Waals surface area contributed by atoms with Crippen molar-refractivity contribution in [2.45, 2.75) is 84.5 Å². The number of aliphatic hydroxyl groups is 1. The van der Waals surface area contributed by atoms with Crippen molar-refractivity contribution in [2.24, 2.45) is 11.7 Å². The van der Waals surface area contributed by atoms with Gasteiger partial charge in [-0.3, -0.25) is 19.2 Å². The summed E-state index contributed by atoms with van der Waals surface area (Å²) in [7, 11) is 0. The lowest BCUT2D eigenvalue weighted by molar-refractivity contribution is -0.144. The van der Waals surface area contributed by atoms with E-state index in [-0.39, 0.29) is 25.4 Å². The van der Waals surface area contributed by atoms with Gasteiger partial charge in [0, 0.05) is 12.1 Å². The summed E-state index contributed by atoms with van der Waals surface area (Å²) in [5.41, 5.74) is 7.03. The van der Waals surface area contributed by atoms with Gasteiger partial charge >= 0.3 is 5.97 Å². The Kier molecular flexibility index (Phi) is 13.6. The molecule has 0 radical (unpaired) electrons. The van der Waals surface area contributed by atoms with Gasteiger partial charge in [0.2, 0.25) is 17.7 Å². The minimum atomic E-state index is -1.04. The molecule has 1 aromatic carbocycles. The molecule has 1 rings (SSSR count). The fraction of sp³-hybridized carbons (Fsp3) is 0.600. The normalized spacial score (nSPS) is 13.5. The zero-order chi connectivity index (χ0) is 26.4. The summed E-state index contributed by atoms with van der Waals surface area (Å²) in [6, 6.07) is 3.85. The van der Waals surface area contributed by atoms with Crippen LogP contribution in [-0.4, -0.2) is 53.5 Å². The highest BCUT2D eigenvalue weighted by Gasteiger charge is 2.26. The Morgan fingerprint density at radius 1 is 1.00 bits per heavy atom. The average Bonchev–Trinajstić information content (AvgIpc) is 2.81. The quantitative estimate of drug-likeness (QED) is 0.184. The molecule has 0 bridgehead atoms. The number of nitrogens with two attached hydrogens (primary N) is 1. The third kappa shape index (κ3) is 11.8. The van der Waals surface area contributed by atoms with E-state index in [1.54, 1.807) is 24.3 Å². The maximum atomic E-state index is 12.9. The van der Waals surface area contributed by atoms with Crippen LogP contribution in [0.4, 0.5) is 5.69 Å². The molecule has 0 aromatic heterocycles. The minimum Gasteiger partial charge on any atom is -0.466 e. The molecule has 0 aliphatic rings. The van der Waals surface area contributed by atoms with E-state index in [0.717, 1.165) is 12.8 Å². The number of hydrogen-bond acceptors (Lipinski definition) is 7. The van der Waals surface area contributed by atoms with Crippen LogP contribution in [0.15, 0.2) is 24.3 Å². The molecule has 35 heavy (non-hydrogen) atoms. The summed E-state index contributed by atoms with van der Waals surface area (Å²) in [6.07, 6.45) is 2.05. The lowest BCUT2D eigenvalue weighted by Crippen LogP contribution is -2.54. The van der Waals surface area contributed by atoms with E-state index in [1.165, 1.54) is 6.92 Å². The van der Waals surface area contributed by atoms with E-state index < -0.39 is 41.8 Å². The maximum Gasteiger partial charge on any atom is 0.305 e. The van der Waals surface area contributed by atoms with Gasteiger partial charge in [0.15, 0.2) is 0 Å². The number of unbranched alkanes of at least 4 members (excludes halogenated alkanes) is 1. The van der Waals surface area contributed by atoms with Crippen LogP contribution in [0.1, 0.15) is 65.4 Å². The van der Waals surface area contributed by atoms with Gasteiger partial charge in [0.05, 0.1) is 19.3 Å². The first-order valence-electron chi connectivity index (χ1n) is 12.1. The average molecular weight is 493 g/mol. The molecule has 0 aliphatic heterocycles. The summed E-state index contributed by atoms with van der Waals surface area (Å²) in [4.78, 5) is 50.0. The molecule has 1 aromatic rings. The van der Waals surface area contributed by atoms with Gasteiger partial charge in [-0.15, -0.1) is 0 Å². The molecule has 0 unspecified atom stereocenters. The SMILES string of the molecule is CCCCOC(=O)CC[C@H](NC(=O)[C@H](C)NC(=O)[C@H](N)CC(C)C)C(=O)Nc1ccc(CO)cc1. The number of carbonyl (C=O) groups is 4. The van der Waals surface area contributed by atoms with Gasteiger partial charge in [-0.2, -0.15) is 0 Å². The Morgan fingerprint density at radius 2 is 1.66 bits per heavy atom. The second-order valence-corrected chi connectivity index (χ2v) is 8.98. The van der Waals surface area contributed by atoms with Crippen LogP contribution in [0.3, 0.4) is 0 Å². The van der Waals surface area contributed by atoms with E-state index in [0.29, 0.717) is 24.3 Å². The lowest BCUT2D eigenvalue weighted by atomic mass is 10.0. The van der Waals surface area contributed by atoms with Crippen molar-refractivity contribution in [3.8, 4) is 0 Å². The topological polar surface area (TPSA) is 160 Å². The smallest absolute Gasteiger partial charge is 0.305 e. The van der Waals surface area contributed by atoms with E-state index >= 15 is 0 Å². The monoisotopic (exact) mass is 492 g/mol. The molecule has 3 amide bonds. The molecular formula is C25H40N4O6. The zero-order valence-electron chi connectivity index (χ0n) is 21.1. The number of ether oxygens (including phenoxy) is 1. The van der Waals surface area contributed by atoms with Crippen LogP contribution in [0.5, 0.6) is 0 Å². The van der Waals surface area contributed by atoms with E-state index in [2.05, 4.69) is 16.0 Å². The summed E-state index contributed by atoms with van der Waals surface area (Å²) in [6.45, 7) is 7.53. The van der Waals surface area contributed by atoms with Gasteiger partial charge in [0.25, 0.3) is 0 Å². The van der Waals surface area contributed by atoms with Gasteiger partial charge in [-0.1, -0.05) is 39.3 Å². The Hall–Kier alpha value is -2.98. The number of hydrogen-bond donors (Lipinski definition) is 5. The number of anilines is 1. The maximum absolute atomic E-state index is 12.9. The number of amides is 3. The Morgan fingerprint density at radius 3 is 2.23 bits per heavy atom. The lowest BCUT2D eigenvalue weighted by Gasteiger charge is -2.22. The number of rotatable bonds is 15. The molecule has 0 saturated heterocycles. The summed E-state index contributed by atoms with van der Waals surface area (Å²) < 4.78 is 5.14. The van der Waals surface area contributed by atoms with Crippen LogP contribution < -0.4 is 21.7 Å². The summed E-state index contributed by atoms with van der Waals surface area (Å²) in [5.74, 6) is -1.79. The van der Waals surface area contributed by atoms with Gasteiger partial charge in [-0.05, 0) is 49.8 Å². The third-order valence-electron chi connectivity index (χ3n) is 5.25. The van der Waals surface area contributed by atoms with Crippen LogP contribution in [-0.2, 0) is 30.5 Å². The van der Waals surface area contributed by atoms with Crippen LogP contribution in [0, 0.1) is 5.92 Å². The molecule has 0 aliphatic carbocycles. The second kappa shape index (κ2) is 15.8. The van der Waals surface area contributed by atoms with Crippen molar-refractivity contribution in [1.29, 1.82) is 0 Å². The standard InChI is InChI=1S/C25H40N4O6/c1-5-6-13-35-22(31)12-11-21(25(34)28-19-9-7-18(15-30)8-10-19)29-23(32)17(4)27-24(33)20(26)14-16(2)3/h7-10,16-17,20-21,30H,5-6,11-15,26H2,1-4H3,(H,27,33)(H,28,34)(H,29,32)/t17-,20+,21-/m0/s1. The minimum absolute atomic E-state index is 0.0186. The first kappa shape index (κ1) is 30.1. The molecule has 6 N–H and O–H groups in total. The highest BCUT2D eigenvalue weighted by molar-refractivity contribution is 5.98. The molecular weight excluding hydrogens is 452 g/mol. The van der Waals surface area contributed by atoms with Crippen molar-refractivity contribution in [1.82, 2.24) is 10.6 Å². The molecule has 0 spiro atoms. The van der Waals surface area contributed by atoms with Crippen molar-refractivity contribution < 1.29 is 29.0 Å². The van der Waals surface area contributed by atoms with E-state index in [4.69, 9.17) is 10.5 Å². The number of aliphatic hydroxyl groups excluding tert-OH is 1. The number of benzene rings is 1. The Labute approximate surface area is 207 Å². The molecule has 0 fully saturated rings. The molecule has 0 saturated carbocycles. The van der Waals surface area contributed by atoms with Crippen molar-refractivity contribution in [3.05, 3.63) is 29.8 Å². The van der Waals surface area contributed by atoms with Gasteiger partial charge in [0.1, 0.15) is 12.1 Å². The fourth-order valence-electron chi connectivity index (χ4n) is 3.15. The first-order valence-corrected chi connectivity index (χ1v) is 12.1.